The minimum absolute atomic E-state index is 0.214. The average Bonchev–Trinajstić information content (AvgIpc) is 2.72. The summed E-state index contributed by atoms with van der Waals surface area (Å²) >= 11 is 0. The Balaban J connectivity index is 1.92. The molecule has 0 aliphatic carbocycles. The summed E-state index contributed by atoms with van der Waals surface area (Å²) in [6.45, 7) is 9.06. The number of benzene rings is 2. The number of para-hydroxylation sites is 1. The van der Waals surface area contributed by atoms with Crippen molar-refractivity contribution in [3.63, 3.8) is 0 Å². The molecule has 27 heavy (non-hydrogen) atoms. The van der Waals surface area contributed by atoms with Crippen molar-refractivity contribution in [3.8, 4) is 5.75 Å². The molecule has 0 unspecified atom stereocenters. The number of hydrogen-bond acceptors (Lipinski definition) is 5. The van der Waals surface area contributed by atoms with Gasteiger partial charge in [-0.1, -0.05) is 18.2 Å². The monoisotopic (exact) mass is 368 g/mol. The van der Waals surface area contributed by atoms with Gasteiger partial charge in [0, 0.05) is 12.6 Å². The van der Waals surface area contributed by atoms with Gasteiger partial charge in [-0.05, 0) is 63.1 Å². The third-order valence-corrected chi connectivity index (χ3v) is 5.04. The SMILES string of the molecule is CC(=O)Oc1ccccc1C(=O)Nc1ccc2c(c1)C(C)(C)N(O)C2(C)C. The first-order valence-electron chi connectivity index (χ1n) is 8.78. The van der Waals surface area contributed by atoms with Gasteiger partial charge in [0.25, 0.3) is 5.91 Å². The van der Waals surface area contributed by atoms with Crippen molar-refractivity contribution < 1.29 is 19.5 Å². The summed E-state index contributed by atoms with van der Waals surface area (Å²) in [5.41, 5.74) is 1.72. The number of hydrogen-bond donors (Lipinski definition) is 2. The molecule has 0 fully saturated rings. The number of carbonyl (C=O) groups is 2. The Bertz CT molecular complexity index is 918. The molecule has 0 bridgehead atoms. The molecule has 0 saturated heterocycles. The number of nitrogens with zero attached hydrogens (tertiary/aromatic N) is 1. The van der Waals surface area contributed by atoms with Crippen molar-refractivity contribution in [3.05, 3.63) is 59.2 Å². The van der Waals surface area contributed by atoms with Crippen molar-refractivity contribution in [2.75, 3.05) is 5.32 Å². The molecule has 6 nitrogen and oxygen atoms in total. The van der Waals surface area contributed by atoms with Gasteiger partial charge >= 0.3 is 5.97 Å². The van der Waals surface area contributed by atoms with Gasteiger partial charge < -0.3 is 15.3 Å². The van der Waals surface area contributed by atoms with E-state index >= 15 is 0 Å². The van der Waals surface area contributed by atoms with Crippen molar-refractivity contribution in [2.24, 2.45) is 0 Å². The van der Waals surface area contributed by atoms with Gasteiger partial charge in [0.15, 0.2) is 0 Å². The van der Waals surface area contributed by atoms with Crippen LogP contribution in [0.15, 0.2) is 42.5 Å². The maximum atomic E-state index is 12.7. The Hall–Kier alpha value is -2.70. The summed E-state index contributed by atoms with van der Waals surface area (Å²) < 4.78 is 5.11. The highest BCUT2D eigenvalue weighted by Crippen LogP contribution is 2.48. The summed E-state index contributed by atoms with van der Waals surface area (Å²) in [5.74, 6) is -0.644. The lowest BCUT2D eigenvalue weighted by molar-refractivity contribution is -0.216. The summed E-state index contributed by atoms with van der Waals surface area (Å²) in [6, 6.07) is 12.2. The third-order valence-electron chi connectivity index (χ3n) is 5.04. The zero-order valence-electron chi connectivity index (χ0n) is 16.2. The molecule has 2 aromatic carbocycles. The largest absolute Gasteiger partial charge is 0.426 e. The van der Waals surface area contributed by atoms with Crippen molar-refractivity contribution in [2.45, 2.75) is 45.7 Å². The smallest absolute Gasteiger partial charge is 0.308 e. The molecule has 1 amide bonds. The molecule has 6 heteroatoms. The van der Waals surface area contributed by atoms with Crippen LogP contribution in [-0.2, 0) is 15.9 Å². The van der Waals surface area contributed by atoms with Crippen molar-refractivity contribution in [1.82, 2.24) is 5.06 Å². The number of fused-ring (bicyclic) bond motifs is 1. The lowest BCUT2D eigenvalue weighted by Gasteiger charge is -2.34. The van der Waals surface area contributed by atoms with Gasteiger partial charge in [-0.25, -0.2) is 0 Å². The topological polar surface area (TPSA) is 78.9 Å². The van der Waals surface area contributed by atoms with Gasteiger partial charge in [-0.15, -0.1) is 0 Å². The quantitative estimate of drug-likeness (QED) is 0.631. The Kier molecular flexibility index (Phi) is 4.57. The van der Waals surface area contributed by atoms with Gasteiger partial charge in [0.2, 0.25) is 0 Å². The molecule has 2 N–H and O–H groups in total. The maximum Gasteiger partial charge on any atom is 0.308 e. The normalized spacial score (nSPS) is 17.3. The van der Waals surface area contributed by atoms with Crippen LogP contribution in [0.3, 0.4) is 0 Å². The Morgan fingerprint density at radius 2 is 1.63 bits per heavy atom. The van der Waals surface area contributed by atoms with Gasteiger partial charge in [0.05, 0.1) is 16.6 Å². The molecule has 0 saturated carbocycles. The molecule has 3 rings (SSSR count). The first-order valence-corrected chi connectivity index (χ1v) is 8.78. The van der Waals surface area contributed by atoms with E-state index in [-0.39, 0.29) is 17.2 Å². The number of ether oxygens (including phenoxy) is 1. The fraction of sp³-hybridized carbons (Fsp3) is 0.333. The molecule has 0 atom stereocenters. The minimum Gasteiger partial charge on any atom is -0.426 e. The van der Waals surface area contributed by atoms with E-state index in [1.54, 1.807) is 24.3 Å². The van der Waals surface area contributed by atoms with Crippen LogP contribution in [0.1, 0.15) is 56.1 Å². The number of anilines is 1. The molecule has 142 valence electrons. The summed E-state index contributed by atoms with van der Waals surface area (Å²) in [7, 11) is 0. The summed E-state index contributed by atoms with van der Waals surface area (Å²) in [6.07, 6.45) is 0. The summed E-state index contributed by atoms with van der Waals surface area (Å²) in [5, 5.41) is 14.8. The third kappa shape index (κ3) is 3.22. The number of nitrogens with one attached hydrogen (secondary N) is 1. The fourth-order valence-corrected chi connectivity index (χ4v) is 3.69. The molecule has 1 heterocycles. The lowest BCUT2D eigenvalue weighted by Crippen LogP contribution is -2.42. The van der Waals surface area contributed by atoms with Crippen LogP contribution in [0.4, 0.5) is 5.69 Å². The van der Waals surface area contributed by atoms with E-state index in [4.69, 9.17) is 4.74 Å². The van der Waals surface area contributed by atoms with E-state index in [0.717, 1.165) is 11.1 Å². The zero-order valence-corrected chi connectivity index (χ0v) is 16.2. The van der Waals surface area contributed by atoms with Crippen LogP contribution >= 0.6 is 0 Å². The highest BCUT2D eigenvalue weighted by atomic mass is 16.5. The van der Waals surface area contributed by atoms with Crippen molar-refractivity contribution >= 4 is 17.6 Å². The molecule has 0 radical (unpaired) electrons. The number of hydroxylamine groups is 2. The van der Waals surface area contributed by atoms with Crippen LogP contribution in [0.25, 0.3) is 0 Å². The molecular weight excluding hydrogens is 344 g/mol. The standard InChI is InChI=1S/C21H24N2O4/c1-13(24)27-18-9-7-6-8-15(18)19(25)22-14-10-11-16-17(12-14)21(4,5)23(26)20(16,2)3/h6-12,26H,1-5H3,(H,22,25). The second kappa shape index (κ2) is 6.48. The first kappa shape index (κ1) is 19.1. The second-order valence-electron chi connectivity index (χ2n) is 7.73. The van der Waals surface area contributed by atoms with E-state index in [1.807, 2.05) is 45.9 Å². The van der Waals surface area contributed by atoms with E-state index < -0.39 is 17.0 Å². The number of esters is 1. The molecule has 1 aliphatic rings. The van der Waals surface area contributed by atoms with Crippen molar-refractivity contribution in [1.29, 1.82) is 0 Å². The molecule has 2 aromatic rings. The van der Waals surface area contributed by atoms with E-state index in [9.17, 15) is 14.8 Å². The Labute approximate surface area is 158 Å². The van der Waals surface area contributed by atoms with E-state index in [2.05, 4.69) is 5.32 Å². The number of amides is 1. The molecule has 0 spiro atoms. The highest BCUT2D eigenvalue weighted by Gasteiger charge is 2.48. The average molecular weight is 368 g/mol. The predicted octanol–water partition coefficient (Wildman–Crippen LogP) is 4.04. The lowest BCUT2D eigenvalue weighted by atomic mass is 9.90. The van der Waals surface area contributed by atoms with E-state index in [1.165, 1.54) is 12.0 Å². The Morgan fingerprint density at radius 1 is 1.00 bits per heavy atom. The van der Waals surface area contributed by atoms with Crippen LogP contribution in [0.5, 0.6) is 5.75 Å². The number of rotatable bonds is 3. The van der Waals surface area contributed by atoms with Crippen LogP contribution < -0.4 is 10.1 Å². The molecular formula is C21H24N2O4. The highest BCUT2D eigenvalue weighted by molar-refractivity contribution is 6.06. The maximum absolute atomic E-state index is 12.7. The fourth-order valence-electron chi connectivity index (χ4n) is 3.69. The van der Waals surface area contributed by atoms with Gasteiger partial charge in [-0.3, -0.25) is 9.59 Å². The van der Waals surface area contributed by atoms with Gasteiger partial charge in [0.1, 0.15) is 5.75 Å². The zero-order chi connectivity index (χ0) is 20.0. The minimum atomic E-state index is -0.588. The predicted molar refractivity (Wildman–Crippen MR) is 102 cm³/mol. The second-order valence-corrected chi connectivity index (χ2v) is 7.73. The van der Waals surface area contributed by atoms with E-state index in [0.29, 0.717) is 5.69 Å². The number of carbonyl (C=O) groups excluding carboxylic acids is 2. The van der Waals surface area contributed by atoms with Crippen LogP contribution in [-0.4, -0.2) is 22.1 Å². The van der Waals surface area contributed by atoms with Gasteiger partial charge in [-0.2, -0.15) is 5.06 Å². The van der Waals surface area contributed by atoms with Crippen LogP contribution in [0, 0.1) is 0 Å². The molecule has 0 aromatic heterocycles. The first-order chi connectivity index (χ1) is 12.5. The molecule has 1 aliphatic heterocycles. The van der Waals surface area contributed by atoms with Crippen LogP contribution in [0.2, 0.25) is 0 Å². The Morgan fingerprint density at radius 3 is 2.30 bits per heavy atom. The summed E-state index contributed by atoms with van der Waals surface area (Å²) in [4.78, 5) is 24.0.